The maximum atomic E-state index is 12.9. The molecule has 1 heterocycles. The van der Waals surface area contributed by atoms with Crippen LogP contribution in [0.25, 0.3) is 0 Å². The fourth-order valence-corrected chi connectivity index (χ4v) is 5.73. The molecule has 2 aromatic rings. The van der Waals surface area contributed by atoms with Crippen LogP contribution >= 0.6 is 46.4 Å². The zero-order valence-corrected chi connectivity index (χ0v) is 19.7. The number of nitrogens with zero attached hydrogens (tertiary/aromatic N) is 1. The molecule has 0 radical (unpaired) electrons. The molecule has 1 amide bonds. The van der Waals surface area contributed by atoms with Gasteiger partial charge in [-0.15, -0.1) is 0 Å². The first-order chi connectivity index (χ1) is 14.2. The molecule has 10 heteroatoms. The summed E-state index contributed by atoms with van der Waals surface area (Å²) in [6.45, 7) is 0.779. The summed E-state index contributed by atoms with van der Waals surface area (Å²) in [4.78, 5) is 12.6. The van der Waals surface area contributed by atoms with Gasteiger partial charge in [0.05, 0.1) is 21.7 Å². The second kappa shape index (κ2) is 10.1. The molecule has 5 nitrogen and oxygen atoms in total. The molecule has 1 saturated heterocycles. The van der Waals surface area contributed by atoms with Gasteiger partial charge in [-0.05, 0) is 48.2 Å². The van der Waals surface area contributed by atoms with E-state index in [4.69, 9.17) is 46.4 Å². The molecule has 0 aliphatic carbocycles. The average Bonchev–Trinajstić information content (AvgIpc) is 2.70. The van der Waals surface area contributed by atoms with E-state index >= 15 is 0 Å². The van der Waals surface area contributed by atoms with Crippen LogP contribution in [0.15, 0.2) is 36.4 Å². The number of hydrogen-bond acceptors (Lipinski definition) is 3. The minimum absolute atomic E-state index is 0.143. The second-order valence-electron chi connectivity index (χ2n) is 7.16. The van der Waals surface area contributed by atoms with Gasteiger partial charge in [0.25, 0.3) is 0 Å². The van der Waals surface area contributed by atoms with Gasteiger partial charge >= 0.3 is 0 Å². The van der Waals surface area contributed by atoms with Crippen LogP contribution in [0.1, 0.15) is 24.0 Å². The number of rotatable bonds is 6. The van der Waals surface area contributed by atoms with Crippen molar-refractivity contribution in [1.29, 1.82) is 0 Å². The van der Waals surface area contributed by atoms with Gasteiger partial charge in [0, 0.05) is 29.7 Å². The third-order valence-electron chi connectivity index (χ3n) is 4.95. The van der Waals surface area contributed by atoms with Gasteiger partial charge in [-0.25, -0.2) is 12.7 Å². The molecule has 0 unspecified atom stereocenters. The van der Waals surface area contributed by atoms with Crippen molar-refractivity contribution < 1.29 is 13.2 Å². The molecule has 1 aliphatic rings. The molecule has 1 fully saturated rings. The molecule has 1 atom stereocenters. The third-order valence-corrected chi connectivity index (χ3v) is 8.09. The molecule has 30 heavy (non-hydrogen) atoms. The molecular weight excluding hydrogens is 490 g/mol. The predicted molar refractivity (Wildman–Crippen MR) is 122 cm³/mol. The molecule has 2 aromatic carbocycles. The van der Waals surface area contributed by atoms with E-state index in [9.17, 15) is 13.2 Å². The molecular formula is C20H20Cl4N2O3S. The minimum atomic E-state index is -3.60. The van der Waals surface area contributed by atoms with E-state index in [2.05, 4.69) is 5.32 Å². The Balaban J connectivity index is 1.62. The Morgan fingerprint density at radius 1 is 1.03 bits per heavy atom. The topological polar surface area (TPSA) is 66.5 Å². The third kappa shape index (κ3) is 6.02. The van der Waals surface area contributed by atoms with Crippen LogP contribution < -0.4 is 5.32 Å². The van der Waals surface area contributed by atoms with Crippen molar-refractivity contribution in [2.75, 3.05) is 13.1 Å². The fraction of sp³-hybridized carbons (Fsp3) is 0.350. The largest absolute Gasteiger partial charge is 0.352 e. The van der Waals surface area contributed by atoms with Crippen LogP contribution in [0.5, 0.6) is 0 Å². The number of halogens is 4. The first-order valence-electron chi connectivity index (χ1n) is 9.29. The van der Waals surface area contributed by atoms with Crippen LogP contribution in [0.2, 0.25) is 20.1 Å². The lowest BCUT2D eigenvalue weighted by Gasteiger charge is -2.31. The van der Waals surface area contributed by atoms with Crippen molar-refractivity contribution in [3.05, 3.63) is 67.6 Å². The van der Waals surface area contributed by atoms with Crippen molar-refractivity contribution in [2.24, 2.45) is 5.92 Å². The summed E-state index contributed by atoms with van der Waals surface area (Å²) in [6, 6.07) is 9.82. The number of piperidine rings is 1. The summed E-state index contributed by atoms with van der Waals surface area (Å²) in [5.41, 5.74) is 1.29. The number of sulfonamides is 1. The smallest absolute Gasteiger partial charge is 0.224 e. The zero-order chi connectivity index (χ0) is 21.9. The van der Waals surface area contributed by atoms with E-state index < -0.39 is 15.9 Å². The van der Waals surface area contributed by atoms with Gasteiger partial charge in [-0.1, -0.05) is 58.5 Å². The van der Waals surface area contributed by atoms with Gasteiger partial charge in [0.1, 0.15) is 0 Å². The van der Waals surface area contributed by atoms with Crippen LogP contribution in [0, 0.1) is 5.92 Å². The normalized spacial score (nSPS) is 17.7. The van der Waals surface area contributed by atoms with Gasteiger partial charge in [-0.3, -0.25) is 4.79 Å². The summed E-state index contributed by atoms with van der Waals surface area (Å²) in [7, 11) is -3.60. The van der Waals surface area contributed by atoms with Crippen LogP contribution in [-0.2, 0) is 27.1 Å². The van der Waals surface area contributed by atoms with Gasteiger partial charge in [0.15, 0.2) is 0 Å². The minimum Gasteiger partial charge on any atom is -0.352 e. The number of carbonyl (C=O) groups excluding carboxylic acids is 1. The van der Waals surface area contributed by atoms with E-state index in [1.807, 2.05) is 0 Å². The zero-order valence-electron chi connectivity index (χ0n) is 15.9. The summed E-state index contributed by atoms with van der Waals surface area (Å²) in [5.74, 6) is -0.817. The van der Waals surface area contributed by atoms with Crippen LogP contribution in [0.4, 0.5) is 0 Å². The lowest BCUT2D eigenvalue weighted by molar-refractivity contribution is -0.126. The number of amides is 1. The Bertz CT molecular complexity index is 1050. The van der Waals surface area contributed by atoms with Gasteiger partial charge in [0.2, 0.25) is 15.9 Å². The first kappa shape index (κ1) is 23.6. The number of benzene rings is 2. The van der Waals surface area contributed by atoms with Crippen molar-refractivity contribution in [3.63, 3.8) is 0 Å². The molecule has 1 aliphatic heterocycles. The quantitative estimate of drug-likeness (QED) is 0.584. The molecule has 0 saturated carbocycles. The first-order valence-corrected chi connectivity index (χ1v) is 12.4. The molecule has 1 N–H and O–H groups in total. The van der Waals surface area contributed by atoms with E-state index in [1.165, 1.54) is 4.31 Å². The Morgan fingerprint density at radius 2 is 1.80 bits per heavy atom. The van der Waals surface area contributed by atoms with Crippen molar-refractivity contribution in [2.45, 2.75) is 25.1 Å². The van der Waals surface area contributed by atoms with Crippen LogP contribution in [-0.4, -0.2) is 31.7 Å². The predicted octanol–water partition coefficient (Wildman–Crippen LogP) is 5.16. The van der Waals surface area contributed by atoms with E-state index in [-0.39, 0.29) is 24.7 Å². The highest BCUT2D eigenvalue weighted by molar-refractivity contribution is 7.88. The number of nitrogens with one attached hydrogen (secondary N) is 1. The lowest BCUT2D eigenvalue weighted by atomic mass is 9.99. The summed E-state index contributed by atoms with van der Waals surface area (Å²) in [5, 5.41) is 4.51. The molecule has 0 spiro atoms. The fourth-order valence-electron chi connectivity index (χ4n) is 3.33. The molecule has 0 bridgehead atoms. The molecule has 0 aromatic heterocycles. The highest BCUT2D eigenvalue weighted by Crippen LogP contribution is 2.26. The maximum Gasteiger partial charge on any atom is 0.224 e. The molecule has 3 rings (SSSR count). The monoisotopic (exact) mass is 508 g/mol. The van der Waals surface area contributed by atoms with E-state index in [0.29, 0.717) is 45.0 Å². The van der Waals surface area contributed by atoms with Gasteiger partial charge < -0.3 is 5.32 Å². The van der Waals surface area contributed by atoms with Crippen LogP contribution in [0.3, 0.4) is 0 Å². The number of carbonyl (C=O) groups is 1. The Morgan fingerprint density at radius 3 is 2.50 bits per heavy atom. The maximum absolute atomic E-state index is 12.9. The highest BCUT2D eigenvalue weighted by Gasteiger charge is 2.32. The van der Waals surface area contributed by atoms with Crippen molar-refractivity contribution >= 4 is 62.3 Å². The van der Waals surface area contributed by atoms with Crippen molar-refractivity contribution in [3.8, 4) is 0 Å². The number of hydrogen-bond donors (Lipinski definition) is 1. The lowest BCUT2D eigenvalue weighted by Crippen LogP contribution is -2.45. The Kier molecular flexibility index (Phi) is 7.93. The van der Waals surface area contributed by atoms with Gasteiger partial charge in [-0.2, -0.15) is 0 Å². The summed E-state index contributed by atoms with van der Waals surface area (Å²) >= 11 is 23.9. The Hall–Kier alpha value is -1.02. The van der Waals surface area contributed by atoms with E-state index in [0.717, 1.165) is 5.56 Å². The average molecular weight is 510 g/mol. The van der Waals surface area contributed by atoms with Crippen molar-refractivity contribution in [1.82, 2.24) is 9.62 Å². The molecule has 162 valence electrons. The SMILES string of the molecule is O=C(NCc1ccc(Cl)cc1Cl)[C@@H]1CCCN(S(=O)(=O)Cc2ccc(Cl)c(Cl)c2)C1. The summed E-state index contributed by atoms with van der Waals surface area (Å²) < 4.78 is 27.1. The second-order valence-corrected chi connectivity index (χ2v) is 10.8. The summed E-state index contributed by atoms with van der Waals surface area (Å²) in [6.07, 6.45) is 1.24. The Labute approximate surface area is 196 Å². The van der Waals surface area contributed by atoms with E-state index in [1.54, 1.807) is 36.4 Å². The highest BCUT2D eigenvalue weighted by atomic mass is 35.5. The standard InChI is InChI=1S/C20H20Cl4N2O3S/c21-16-5-4-14(18(23)9-16)10-25-20(27)15-2-1-7-26(11-15)30(28,29)12-13-3-6-17(22)19(24)8-13/h3-6,8-9,15H,1-2,7,10-12H2,(H,25,27)/t15-/m1/s1.